The molecule has 0 spiro atoms. The SMILES string of the molecule is O=C(CCCOc1ccc(Cl)cc1Cl)Nc1ccccc1OCc1ccccc1. The molecule has 1 amide bonds. The minimum atomic E-state index is -0.105. The molecule has 0 fully saturated rings. The van der Waals surface area contributed by atoms with Crippen molar-refractivity contribution < 1.29 is 14.3 Å². The first-order valence-corrected chi connectivity index (χ1v) is 10.0. The Morgan fingerprint density at radius 2 is 1.62 bits per heavy atom. The summed E-state index contributed by atoms with van der Waals surface area (Å²) in [6, 6.07) is 22.3. The topological polar surface area (TPSA) is 47.6 Å². The predicted octanol–water partition coefficient (Wildman–Crippen LogP) is 6.37. The van der Waals surface area contributed by atoms with Crippen LogP contribution in [0.3, 0.4) is 0 Å². The molecule has 3 aromatic carbocycles. The molecule has 0 atom stereocenters. The lowest BCUT2D eigenvalue weighted by Gasteiger charge is -2.13. The lowest BCUT2D eigenvalue weighted by Crippen LogP contribution is -2.13. The molecule has 4 nitrogen and oxygen atoms in total. The van der Waals surface area contributed by atoms with Crippen molar-refractivity contribution in [3.8, 4) is 11.5 Å². The fourth-order valence-corrected chi connectivity index (χ4v) is 3.11. The molecule has 0 saturated carbocycles. The maximum Gasteiger partial charge on any atom is 0.224 e. The third-order valence-corrected chi connectivity index (χ3v) is 4.63. The lowest BCUT2D eigenvalue weighted by molar-refractivity contribution is -0.116. The first-order chi connectivity index (χ1) is 14.1. The molecule has 6 heteroatoms. The number of ether oxygens (including phenoxy) is 2. The van der Waals surface area contributed by atoms with Gasteiger partial charge in [0.25, 0.3) is 0 Å². The Balaban J connectivity index is 1.46. The smallest absolute Gasteiger partial charge is 0.224 e. The fraction of sp³-hybridized carbons (Fsp3) is 0.174. The molecular formula is C23H21Cl2NO3. The average Bonchev–Trinajstić information content (AvgIpc) is 2.72. The standard InChI is InChI=1S/C23H21Cl2NO3/c24-18-12-13-21(19(25)15-18)28-14-6-11-23(27)26-20-9-4-5-10-22(20)29-16-17-7-2-1-3-8-17/h1-5,7-10,12-13,15H,6,11,14,16H2,(H,26,27). The molecule has 0 heterocycles. The summed E-state index contributed by atoms with van der Waals surface area (Å²) in [6.07, 6.45) is 0.871. The molecule has 0 bridgehead atoms. The Morgan fingerprint density at radius 1 is 0.862 bits per heavy atom. The number of para-hydroxylation sites is 2. The molecule has 0 aliphatic carbocycles. The highest BCUT2D eigenvalue weighted by molar-refractivity contribution is 6.35. The van der Waals surface area contributed by atoms with Gasteiger partial charge in [0, 0.05) is 11.4 Å². The molecule has 0 aliphatic heterocycles. The summed E-state index contributed by atoms with van der Waals surface area (Å²) in [5.41, 5.74) is 1.71. The first-order valence-electron chi connectivity index (χ1n) is 9.25. The van der Waals surface area contributed by atoms with Gasteiger partial charge in [-0.3, -0.25) is 4.79 Å². The minimum absolute atomic E-state index is 0.105. The Hall–Kier alpha value is -2.69. The molecule has 0 saturated heterocycles. The van der Waals surface area contributed by atoms with E-state index in [-0.39, 0.29) is 5.91 Å². The van der Waals surface area contributed by atoms with Crippen molar-refractivity contribution in [2.45, 2.75) is 19.4 Å². The lowest BCUT2D eigenvalue weighted by atomic mass is 10.2. The average molecular weight is 430 g/mol. The van der Waals surface area contributed by atoms with Crippen LogP contribution in [0.4, 0.5) is 5.69 Å². The van der Waals surface area contributed by atoms with Crippen molar-refractivity contribution in [2.75, 3.05) is 11.9 Å². The zero-order valence-electron chi connectivity index (χ0n) is 15.7. The number of hydrogen-bond donors (Lipinski definition) is 1. The molecule has 0 radical (unpaired) electrons. The van der Waals surface area contributed by atoms with Gasteiger partial charge in [0.2, 0.25) is 5.91 Å². The van der Waals surface area contributed by atoms with Crippen LogP contribution in [0.25, 0.3) is 0 Å². The number of nitrogens with one attached hydrogen (secondary N) is 1. The Kier molecular flexibility index (Phi) is 7.79. The Morgan fingerprint density at radius 3 is 2.41 bits per heavy atom. The van der Waals surface area contributed by atoms with Crippen molar-refractivity contribution in [3.63, 3.8) is 0 Å². The van der Waals surface area contributed by atoms with Gasteiger partial charge in [-0.15, -0.1) is 0 Å². The van der Waals surface area contributed by atoms with Gasteiger partial charge in [-0.2, -0.15) is 0 Å². The van der Waals surface area contributed by atoms with Crippen LogP contribution < -0.4 is 14.8 Å². The van der Waals surface area contributed by atoms with E-state index in [1.54, 1.807) is 18.2 Å². The first kappa shape index (κ1) is 21.0. The molecular weight excluding hydrogens is 409 g/mol. The maximum atomic E-state index is 12.3. The highest BCUT2D eigenvalue weighted by Gasteiger charge is 2.09. The van der Waals surface area contributed by atoms with E-state index < -0.39 is 0 Å². The number of anilines is 1. The van der Waals surface area contributed by atoms with Crippen molar-refractivity contribution in [3.05, 3.63) is 88.4 Å². The number of halogens is 2. The largest absolute Gasteiger partial charge is 0.492 e. The normalized spacial score (nSPS) is 10.4. The molecule has 29 heavy (non-hydrogen) atoms. The maximum absolute atomic E-state index is 12.3. The highest BCUT2D eigenvalue weighted by Crippen LogP contribution is 2.28. The van der Waals surface area contributed by atoms with Crippen molar-refractivity contribution in [2.24, 2.45) is 0 Å². The second kappa shape index (κ2) is 10.7. The predicted molar refractivity (Wildman–Crippen MR) is 117 cm³/mol. The fourth-order valence-electron chi connectivity index (χ4n) is 2.65. The summed E-state index contributed by atoms with van der Waals surface area (Å²) >= 11 is 11.9. The zero-order valence-corrected chi connectivity index (χ0v) is 17.2. The number of rotatable bonds is 9. The minimum Gasteiger partial charge on any atom is -0.492 e. The number of carbonyl (C=O) groups excluding carboxylic acids is 1. The summed E-state index contributed by atoms with van der Waals surface area (Å²) in [5, 5.41) is 3.90. The van der Waals surface area contributed by atoms with Gasteiger partial charge in [0.15, 0.2) is 0 Å². The second-order valence-corrected chi connectivity index (χ2v) is 7.19. The van der Waals surface area contributed by atoms with Crippen LogP contribution in [-0.2, 0) is 11.4 Å². The summed E-state index contributed by atoms with van der Waals surface area (Å²) in [5.74, 6) is 1.08. The summed E-state index contributed by atoms with van der Waals surface area (Å²) < 4.78 is 11.5. The van der Waals surface area contributed by atoms with Crippen LogP contribution in [0.15, 0.2) is 72.8 Å². The second-order valence-electron chi connectivity index (χ2n) is 6.35. The summed E-state index contributed by atoms with van der Waals surface area (Å²) in [4.78, 5) is 12.3. The van der Waals surface area contributed by atoms with Crippen molar-refractivity contribution in [1.82, 2.24) is 0 Å². The van der Waals surface area contributed by atoms with Crippen LogP contribution >= 0.6 is 23.2 Å². The monoisotopic (exact) mass is 429 g/mol. The van der Waals surface area contributed by atoms with Crippen LogP contribution in [0, 0.1) is 0 Å². The molecule has 0 aromatic heterocycles. The summed E-state index contributed by atoms with van der Waals surface area (Å²) in [7, 11) is 0. The number of amides is 1. The summed E-state index contributed by atoms with van der Waals surface area (Å²) in [6.45, 7) is 0.810. The Bertz CT molecular complexity index is 948. The van der Waals surface area contributed by atoms with Gasteiger partial charge in [0.1, 0.15) is 18.1 Å². The quantitative estimate of drug-likeness (QED) is 0.401. The molecule has 0 unspecified atom stereocenters. The van der Waals surface area contributed by atoms with Crippen LogP contribution in [0.5, 0.6) is 11.5 Å². The third-order valence-electron chi connectivity index (χ3n) is 4.10. The Labute approximate surface area is 180 Å². The van der Waals surface area contributed by atoms with E-state index >= 15 is 0 Å². The van der Waals surface area contributed by atoms with E-state index in [1.165, 1.54) is 0 Å². The van der Waals surface area contributed by atoms with E-state index in [1.807, 2.05) is 54.6 Å². The van der Waals surface area contributed by atoms with E-state index in [2.05, 4.69) is 5.32 Å². The van der Waals surface area contributed by atoms with E-state index in [0.29, 0.717) is 53.3 Å². The number of carbonyl (C=O) groups is 1. The molecule has 3 rings (SSSR count). The van der Waals surface area contributed by atoms with Crippen molar-refractivity contribution >= 4 is 34.8 Å². The molecule has 1 N–H and O–H groups in total. The van der Waals surface area contributed by atoms with Gasteiger partial charge in [-0.25, -0.2) is 0 Å². The third kappa shape index (κ3) is 6.70. The van der Waals surface area contributed by atoms with Crippen molar-refractivity contribution in [1.29, 1.82) is 0 Å². The molecule has 0 aliphatic rings. The van der Waals surface area contributed by atoms with Gasteiger partial charge in [-0.1, -0.05) is 65.7 Å². The van der Waals surface area contributed by atoms with Crippen LogP contribution in [0.2, 0.25) is 10.0 Å². The van der Waals surface area contributed by atoms with E-state index in [4.69, 9.17) is 32.7 Å². The van der Waals surface area contributed by atoms with Gasteiger partial charge in [-0.05, 0) is 42.3 Å². The number of hydrogen-bond acceptors (Lipinski definition) is 3. The van der Waals surface area contributed by atoms with E-state index in [9.17, 15) is 4.79 Å². The van der Waals surface area contributed by atoms with Gasteiger partial charge >= 0.3 is 0 Å². The van der Waals surface area contributed by atoms with Gasteiger partial charge in [0.05, 0.1) is 17.3 Å². The highest BCUT2D eigenvalue weighted by atomic mass is 35.5. The molecule has 3 aromatic rings. The molecule has 150 valence electrons. The zero-order chi connectivity index (χ0) is 20.5. The van der Waals surface area contributed by atoms with Crippen LogP contribution in [0.1, 0.15) is 18.4 Å². The van der Waals surface area contributed by atoms with E-state index in [0.717, 1.165) is 5.56 Å². The van der Waals surface area contributed by atoms with Gasteiger partial charge < -0.3 is 14.8 Å². The van der Waals surface area contributed by atoms with Crippen LogP contribution in [-0.4, -0.2) is 12.5 Å². The number of benzene rings is 3.